The first-order chi connectivity index (χ1) is 13.9. The summed E-state index contributed by atoms with van der Waals surface area (Å²) in [6.45, 7) is 0. The van der Waals surface area contributed by atoms with E-state index in [1.165, 1.54) is 43.8 Å². The van der Waals surface area contributed by atoms with E-state index in [1.54, 1.807) is 24.3 Å². The van der Waals surface area contributed by atoms with E-state index in [1.807, 2.05) is 0 Å². The second kappa shape index (κ2) is 8.80. The lowest BCUT2D eigenvalue weighted by molar-refractivity contribution is 0.397. The Morgan fingerprint density at radius 3 is 2.17 bits per heavy atom. The Morgan fingerprint density at radius 2 is 1.59 bits per heavy atom. The molecule has 29 heavy (non-hydrogen) atoms. The van der Waals surface area contributed by atoms with Gasteiger partial charge in [0.25, 0.3) is 10.0 Å². The highest BCUT2D eigenvalue weighted by Gasteiger charge is 2.15. The van der Waals surface area contributed by atoms with Crippen molar-refractivity contribution in [2.24, 2.45) is 0 Å². The fourth-order valence-electron chi connectivity index (χ4n) is 2.25. The minimum atomic E-state index is -3.84. The van der Waals surface area contributed by atoms with E-state index in [-0.39, 0.29) is 27.5 Å². The molecule has 150 valence electrons. The van der Waals surface area contributed by atoms with Crippen molar-refractivity contribution in [2.75, 3.05) is 22.5 Å². The Hall–Kier alpha value is -3.31. The van der Waals surface area contributed by atoms with E-state index >= 15 is 0 Å². The molecule has 0 spiro atoms. The lowest BCUT2D eigenvalue weighted by Gasteiger charge is -2.12. The number of benzene rings is 2. The number of hydrogen-bond donors (Lipinski definition) is 3. The van der Waals surface area contributed by atoms with Crippen LogP contribution in [0.15, 0.2) is 65.8 Å². The first kappa shape index (κ1) is 20.4. The molecule has 8 nitrogen and oxygen atoms in total. The first-order valence-electron chi connectivity index (χ1n) is 8.18. The van der Waals surface area contributed by atoms with Crippen LogP contribution in [-0.2, 0) is 10.0 Å². The van der Waals surface area contributed by atoms with Gasteiger partial charge in [0, 0.05) is 17.4 Å². The van der Waals surface area contributed by atoms with Gasteiger partial charge in [0.2, 0.25) is 5.88 Å². The maximum atomic E-state index is 12.9. The van der Waals surface area contributed by atoms with Crippen LogP contribution in [0, 0.1) is 5.82 Å². The Labute approximate surface area is 172 Å². The highest BCUT2D eigenvalue weighted by molar-refractivity contribution is 7.92. The van der Waals surface area contributed by atoms with Crippen LogP contribution in [0.5, 0.6) is 5.88 Å². The van der Waals surface area contributed by atoms with Gasteiger partial charge in [0.1, 0.15) is 18.0 Å². The fraction of sp³-hybridized carbons (Fsp3) is 0.0556. The van der Waals surface area contributed by atoms with Gasteiger partial charge in [-0.2, -0.15) is 0 Å². The molecule has 2 aromatic carbocycles. The molecule has 0 atom stereocenters. The minimum Gasteiger partial charge on any atom is -0.481 e. The molecule has 3 aromatic rings. The normalized spacial score (nSPS) is 10.8. The number of hydrogen-bond acceptors (Lipinski definition) is 6. The third-order valence-corrected chi connectivity index (χ3v) is 5.19. The third kappa shape index (κ3) is 5.59. The van der Waals surface area contributed by atoms with Crippen molar-refractivity contribution in [1.29, 1.82) is 0 Å². The number of aromatic nitrogens is 2. The summed E-state index contributed by atoms with van der Waals surface area (Å²) in [4.78, 5) is 7.72. The lowest BCUT2D eigenvalue weighted by Crippen LogP contribution is -2.19. The summed E-state index contributed by atoms with van der Waals surface area (Å²) in [5, 5.41) is 6.10. The molecule has 0 saturated heterocycles. The summed E-state index contributed by atoms with van der Waals surface area (Å²) in [5.74, 6) is -0.0246. The average Bonchev–Trinajstić information content (AvgIpc) is 2.70. The maximum Gasteiger partial charge on any atom is 0.263 e. The average molecular weight is 433 g/mol. The molecule has 0 aliphatic heterocycles. The second-order valence-corrected chi connectivity index (χ2v) is 7.75. The van der Waals surface area contributed by atoms with E-state index in [2.05, 4.69) is 25.3 Å². The number of nitrogens with one attached hydrogen (secondary N) is 3. The van der Waals surface area contributed by atoms with Gasteiger partial charge in [-0.25, -0.2) is 22.8 Å². The van der Waals surface area contributed by atoms with Gasteiger partial charge < -0.3 is 15.4 Å². The zero-order chi connectivity index (χ0) is 20.9. The van der Waals surface area contributed by atoms with E-state index < -0.39 is 10.0 Å². The number of ether oxygens (including phenoxy) is 1. The maximum absolute atomic E-state index is 12.9. The van der Waals surface area contributed by atoms with E-state index in [0.717, 1.165) is 0 Å². The van der Waals surface area contributed by atoms with Crippen LogP contribution in [0.25, 0.3) is 0 Å². The molecule has 0 radical (unpaired) electrons. The molecule has 0 amide bonds. The van der Waals surface area contributed by atoms with Crippen LogP contribution in [0.2, 0.25) is 0 Å². The van der Waals surface area contributed by atoms with Gasteiger partial charge in [0.05, 0.1) is 12.0 Å². The summed E-state index contributed by atoms with van der Waals surface area (Å²) < 4.78 is 45.2. The molecule has 1 heterocycles. The van der Waals surface area contributed by atoms with Crippen LogP contribution in [0.3, 0.4) is 0 Å². The van der Waals surface area contributed by atoms with Crippen LogP contribution in [0.1, 0.15) is 0 Å². The van der Waals surface area contributed by atoms with Crippen molar-refractivity contribution < 1.29 is 17.5 Å². The van der Waals surface area contributed by atoms with Crippen molar-refractivity contribution in [3.8, 4) is 5.88 Å². The van der Waals surface area contributed by atoms with Gasteiger partial charge in [0.15, 0.2) is 5.11 Å². The highest BCUT2D eigenvalue weighted by atomic mass is 32.2. The van der Waals surface area contributed by atoms with Gasteiger partial charge >= 0.3 is 0 Å². The van der Waals surface area contributed by atoms with E-state index in [0.29, 0.717) is 11.4 Å². The van der Waals surface area contributed by atoms with E-state index in [4.69, 9.17) is 17.0 Å². The molecular formula is C18H16FN5O3S2. The van der Waals surface area contributed by atoms with Gasteiger partial charge in [-0.1, -0.05) is 0 Å². The number of thiocarbonyl (C=S) groups is 1. The molecule has 0 unspecified atom stereocenters. The van der Waals surface area contributed by atoms with Crippen LogP contribution in [-0.4, -0.2) is 30.6 Å². The number of methoxy groups -OCH3 is 1. The summed E-state index contributed by atoms with van der Waals surface area (Å²) in [6.07, 6.45) is 1.19. The van der Waals surface area contributed by atoms with Crippen LogP contribution < -0.4 is 20.1 Å². The number of anilines is 3. The number of sulfonamides is 1. The highest BCUT2D eigenvalue weighted by Crippen LogP contribution is 2.19. The second-order valence-electron chi connectivity index (χ2n) is 5.66. The Bertz CT molecular complexity index is 1110. The summed E-state index contributed by atoms with van der Waals surface area (Å²) in [5.41, 5.74) is 1.19. The molecule has 3 N–H and O–H groups in total. The predicted molar refractivity (Wildman–Crippen MR) is 112 cm³/mol. The van der Waals surface area contributed by atoms with Crippen molar-refractivity contribution in [3.05, 3.63) is 66.7 Å². The van der Waals surface area contributed by atoms with Gasteiger partial charge in [-0.3, -0.25) is 4.72 Å². The van der Waals surface area contributed by atoms with Crippen LogP contribution in [0.4, 0.5) is 21.6 Å². The number of nitrogens with zero attached hydrogens (tertiary/aromatic N) is 2. The molecular weight excluding hydrogens is 417 g/mol. The van der Waals surface area contributed by atoms with Crippen molar-refractivity contribution >= 4 is 44.5 Å². The van der Waals surface area contributed by atoms with Gasteiger partial charge in [-0.05, 0) is 60.7 Å². The Kier molecular flexibility index (Phi) is 6.20. The van der Waals surface area contributed by atoms with Crippen molar-refractivity contribution in [1.82, 2.24) is 9.97 Å². The molecule has 0 aliphatic rings. The summed E-state index contributed by atoms with van der Waals surface area (Å²) >= 11 is 5.19. The van der Waals surface area contributed by atoms with Gasteiger partial charge in [-0.15, -0.1) is 0 Å². The standard InChI is InChI=1S/C18H16FN5O3S2/c1-27-17-10-16(20-11-21-17)24-29(25,26)15-8-6-14(7-9-15)23-18(28)22-13-4-2-12(19)3-5-13/h2-11H,1H3,(H,20,21,24)(H2,22,23,28). The van der Waals surface area contributed by atoms with Crippen LogP contribution >= 0.6 is 12.2 Å². The Morgan fingerprint density at radius 1 is 1.00 bits per heavy atom. The third-order valence-electron chi connectivity index (χ3n) is 3.61. The molecule has 0 bridgehead atoms. The van der Waals surface area contributed by atoms with Crippen molar-refractivity contribution in [3.63, 3.8) is 0 Å². The van der Waals surface area contributed by atoms with Crippen molar-refractivity contribution in [2.45, 2.75) is 4.90 Å². The summed E-state index contributed by atoms with van der Waals surface area (Å²) in [7, 11) is -2.43. The quantitative estimate of drug-likeness (QED) is 0.509. The largest absolute Gasteiger partial charge is 0.481 e. The molecule has 0 fully saturated rings. The SMILES string of the molecule is COc1cc(NS(=O)(=O)c2ccc(NC(=S)Nc3ccc(F)cc3)cc2)ncn1. The molecule has 11 heteroatoms. The fourth-order valence-corrected chi connectivity index (χ4v) is 3.48. The molecule has 1 aromatic heterocycles. The summed E-state index contributed by atoms with van der Waals surface area (Å²) in [6, 6.07) is 13.1. The molecule has 0 aliphatic carbocycles. The monoisotopic (exact) mass is 433 g/mol. The topological polar surface area (TPSA) is 105 Å². The smallest absolute Gasteiger partial charge is 0.263 e. The number of halogens is 1. The zero-order valence-electron chi connectivity index (χ0n) is 15.1. The predicted octanol–water partition coefficient (Wildman–Crippen LogP) is 3.23. The lowest BCUT2D eigenvalue weighted by atomic mass is 10.3. The molecule has 0 saturated carbocycles. The minimum absolute atomic E-state index is 0.0399. The number of rotatable bonds is 6. The Balaban J connectivity index is 1.65. The molecule has 3 rings (SSSR count). The van der Waals surface area contributed by atoms with E-state index in [9.17, 15) is 12.8 Å². The zero-order valence-corrected chi connectivity index (χ0v) is 16.7. The first-order valence-corrected chi connectivity index (χ1v) is 10.1.